The monoisotopic (exact) mass is 337 g/mol. The number of halogens is 2. The van der Waals surface area contributed by atoms with Crippen LogP contribution in [0.4, 0.5) is 4.39 Å². The molecule has 1 atom stereocenters. The summed E-state index contributed by atoms with van der Waals surface area (Å²) in [5.74, 6) is -0.0195. The van der Waals surface area contributed by atoms with Crippen molar-refractivity contribution in [3.05, 3.63) is 63.9 Å². The van der Waals surface area contributed by atoms with Gasteiger partial charge in [-0.25, -0.2) is 4.39 Å². The van der Waals surface area contributed by atoms with Gasteiger partial charge in [0.2, 0.25) is 0 Å². The van der Waals surface area contributed by atoms with Crippen molar-refractivity contribution in [2.75, 3.05) is 7.05 Å². The first kappa shape index (κ1) is 15.0. The van der Waals surface area contributed by atoms with Crippen LogP contribution in [0.2, 0.25) is 0 Å². The minimum atomic E-state index is -0.334. The van der Waals surface area contributed by atoms with E-state index in [9.17, 15) is 4.39 Å². The molecule has 106 valence electrons. The first-order valence-electron chi connectivity index (χ1n) is 6.44. The fourth-order valence-electron chi connectivity index (χ4n) is 1.96. The van der Waals surface area contributed by atoms with Gasteiger partial charge in [-0.3, -0.25) is 0 Å². The average molecular weight is 338 g/mol. The Kier molecular flexibility index (Phi) is 5.15. The van der Waals surface area contributed by atoms with Crippen LogP contribution in [-0.4, -0.2) is 7.05 Å². The van der Waals surface area contributed by atoms with Gasteiger partial charge in [-0.2, -0.15) is 0 Å². The smallest absolute Gasteiger partial charge is 0.165 e. The second-order valence-electron chi connectivity index (χ2n) is 4.59. The van der Waals surface area contributed by atoms with Crippen LogP contribution in [-0.2, 0) is 6.61 Å². The zero-order valence-electron chi connectivity index (χ0n) is 11.5. The van der Waals surface area contributed by atoms with E-state index in [-0.39, 0.29) is 11.9 Å². The van der Waals surface area contributed by atoms with Crippen molar-refractivity contribution < 1.29 is 9.13 Å². The molecular weight excluding hydrogens is 321 g/mol. The van der Waals surface area contributed by atoms with E-state index in [0.29, 0.717) is 12.4 Å². The Morgan fingerprint density at radius 2 is 2.00 bits per heavy atom. The molecule has 0 bridgehead atoms. The molecule has 0 spiro atoms. The molecule has 0 fully saturated rings. The molecule has 0 amide bonds. The Hall–Kier alpha value is -1.39. The summed E-state index contributed by atoms with van der Waals surface area (Å²) < 4.78 is 20.6. The lowest BCUT2D eigenvalue weighted by molar-refractivity contribution is 0.284. The first-order chi connectivity index (χ1) is 9.61. The third kappa shape index (κ3) is 3.58. The molecule has 0 radical (unpaired) electrons. The number of benzene rings is 2. The summed E-state index contributed by atoms with van der Waals surface area (Å²) in [4.78, 5) is 0. The summed E-state index contributed by atoms with van der Waals surface area (Å²) in [5, 5.41) is 3.10. The van der Waals surface area contributed by atoms with E-state index < -0.39 is 0 Å². The Balaban J connectivity index is 2.20. The highest BCUT2D eigenvalue weighted by atomic mass is 79.9. The van der Waals surface area contributed by atoms with Crippen LogP contribution in [0, 0.1) is 5.82 Å². The third-order valence-electron chi connectivity index (χ3n) is 3.17. The minimum absolute atomic E-state index is 0.0307. The van der Waals surface area contributed by atoms with Gasteiger partial charge >= 0.3 is 0 Å². The van der Waals surface area contributed by atoms with E-state index in [1.54, 1.807) is 6.07 Å². The molecule has 0 saturated heterocycles. The van der Waals surface area contributed by atoms with Crippen molar-refractivity contribution in [1.29, 1.82) is 0 Å². The quantitative estimate of drug-likeness (QED) is 0.870. The molecule has 0 aromatic heterocycles. The number of ether oxygens (including phenoxy) is 1. The summed E-state index contributed by atoms with van der Waals surface area (Å²) in [5.41, 5.74) is 1.81. The van der Waals surface area contributed by atoms with Crippen molar-refractivity contribution in [2.24, 2.45) is 0 Å². The van der Waals surface area contributed by atoms with Gasteiger partial charge < -0.3 is 10.1 Å². The number of hydrogen-bond donors (Lipinski definition) is 1. The zero-order chi connectivity index (χ0) is 14.5. The lowest BCUT2D eigenvalue weighted by atomic mass is 10.1. The fraction of sp³-hybridized carbons (Fsp3) is 0.250. The van der Waals surface area contributed by atoms with E-state index in [1.165, 1.54) is 6.07 Å². The highest BCUT2D eigenvalue weighted by Crippen LogP contribution is 2.28. The van der Waals surface area contributed by atoms with Crippen molar-refractivity contribution in [2.45, 2.75) is 19.6 Å². The summed E-state index contributed by atoms with van der Waals surface area (Å²) in [7, 11) is 1.84. The van der Waals surface area contributed by atoms with Crippen LogP contribution in [0.1, 0.15) is 24.1 Å². The maximum atomic E-state index is 14.0. The number of para-hydroxylation sites is 1. The lowest BCUT2D eigenvalue weighted by Gasteiger charge is -2.17. The van der Waals surface area contributed by atoms with Crippen LogP contribution < -0.4 is 10.1 Å². The molecular formula is C16H17BrFNO. The standard InChI is InChI=1S/C16H17BrFNO/c1-11(19-2)14-7-4-8-15(18)16(14)20-10-12-5-3-6-13(17)9-12/h3-9,11,19H,10H2,1-2H3. The maximum Gasteiger partial charge on any atom is 0.165 e. The number of nitrogens with one attached hydrogen (secondary N) is 1. The largest absolute Gasteiger partial charge is 0.485 e. The van der Waals surface area contributed by atoms with Crippen LogP contribution in [0.15, 0.2) is 46.9 Å². The molecule has 2 rings (SSSR count). The molecule has 20 heavy (non-hydrogen) atoms. The van der Waals surface area contributed by atoms with Gasteiger partial charge in [-0.15, -0.1) is 0 Å². The van der Waals surface area contributed by atoms with Crippen molar-refractivity contribution >= 4 is 15.9 Å². The molecule has 2 aromatic carbocycles. The van der Waals surface area contributed by atoms with Gasteiger partial charge in [-0.1, -0.05) is 40.2 Å². The van der Waals surface area contributed by atoms with Gasteiger partial charge in [0.05, 0.1) is 0 Å². The molecule has 2 nitrogen and oxygen atoms in total. The average Bonchev–Trinajstić information content (AvgIpc) is 2.45. The van der Waals surface area contributed by atoms with Crippen molar-refractivity contribution in [1.82, 2.24) is 5.32 Å². The van der Waals surface area contributed by atoms with E-state index in [1.807, 2.05) is 44.3 Å². The predicted molar refractivity (Wildman–Crippen MR) is 82.3 cm³/mol. The van der Waals surface area contributed by atoms with Crippen LogP contribution in [0.25, 0.3) is 0 Å². The molecule has 1 unspecified atom stereocenters. The molecule has 0 aliphatic rings. The highest BCUT2D eigenvalue weighted by molar-refractivity contribution is 9.10. The molecule has 2 aromatic rings. The molecule has 4 heteroatoms. The second kappa shape index (κ2) is 6.86. The Labute approximate surface area is 127 Å². The van der Waals surface area contributed by atoms with E-state index >= 15 is 0 Å². The van der Waals surface area contributed by atoms with Gasteiger partial charge in [0.1, 0.15) is 6.61 Å². The van der Waals surface area contributed by atoms with Crippen molar-refractivity contribution in [3.63, 3.8) is 0 Å². The predicted octanol–water partition coefficient (Wildman–Crippen LogP) is 4.45. The summed E-state index contributed by atoms with van der Waals surface area (Å²) in [6.07, 6.45) is 0. The van der Waals surface area contributed by atoms with E-state index in [2.05, 4.69) is 21.2 Å². The van der Waals surface area contributed by atoms with Gasteiger partial charge in [0, 0.05) is 16.1 Å². The zero-order valence-corrected chi connectivity index (χ0v) is 13.1. The summed E-state index contributed by atoms with van der Waals surface area (Å²) >= 11 is 3.41. The Bertz CT molecular complexity index is 588. The Morgan fingerprint density at radius 1 is 1.25 bits per heavy atom. The maximum absolute atomic E-state index is 14.0. The SMILES string of the molecule is CNC(C)c1cccc(F)c1OCc1cccc(Br)c1. The van der Waals surface area contributed by atoms with Crippen LogP contribution in [0.5, 0.6) is 5.75 Å². The topological polar surface area (TPSA) is 21.3 Å². The Morgan fingerprint density at radius 3 is 2.70 bits per heavy atom. The molecule has 0 heterocycles. The normalized spacial score (nSPS) is 12.2. The summed E-state index contributed by atoms with van der Waals surface area (Å²) in [6, 6.07) is 12.8. The highest BCUT2D eigenvalue weighted by Gasteiger charge is 2.14. The van der Waals surface area contributed by atoms with Gasteiger partial charge in [-0.05, 0) is 37.7 Å². The van der Waals surface area contributed by atoms with Crippen molar-refractivity contribution in [3.8, 4) is 5.75 Å². The number of hydrogen-bond acceptors (Lipinski definition) is 2. The van der Waals surface area contributed by atoms with Crippen LogP contribution in [0.3, 0.4) is 0 Å². The summed E-state index contributed by atoms with van der Waals surface area (Å²) in [6.45, 7) is 2.31. The van der Waals surface area contributed by atoms with Gasteiger partial charge in [0.25, 0.3) is 0 Å². The minimum Gasteiger partial charge on any atom is -0.485 e. The molecule has 0 saturated carbocycles. The molecule has 1 N–H and O–H groups in total. The second-order valence-corrected chi connectivity index (χ2v) is 5.50. The first-order valence-corrected chi connectivity index (χ1v) is 7.24. The van der Waals surface area contributed by atoms with Crippen LogP contribution >= 0.6 is 15.9 Å². The molecule has 0 aliphatic carbocycles. The van der Waals surface area contributed by atoms with E-state index in [4.69, 9.17) is 4.74 Å². The number of rotatable bonds is 5. The van der Waals surface area contributed by atoms with E-state index in [0.717, 1.165) is 15.6 Å². The lowest BCUT2D eigenvalue weighted by Crippen LogP contribution is -2.14. The fourth-order valence-corrected chi connectivity index (χ4v) is 2.40. The van der Waals surface area contributed by atoms with Gasteiger partial charge in [0.15, 0.2) is 11.6 Å². The third-order valence-corrected chi connectivity index (χ3v) is 3.66. The molecule has 0 aliphatic heterocycles.